The van der Waals surface area contributed by atoms with E-state index in [1.807, 2.05) is 23.9 Å². The smallest absolute Gasteiger partial charge is 0.257 e. The number of aromatic amines is 1. The Hall–Kier alpha value is -1.40. The van der Waals surface area contributed by atoms with E-state index in [4.69, 9.17) is 0 Å². The number of hydrogen-bond acceptors (Lipinski definition) is 4. The number of likely N-dealkylation sites (N-methyl/N-ethyl adjacent to an activating group) is 1. The van der Waals surface area contributed by atoms with Crippen molar-refractivity contribution in [2.75, 3.05) is 33.7 Å². The molecule has 2 fully saturated rings. The van der Waals surface area contributed by atoms with Gasteiger partial charge in [-0.05, 0) is 46.2 Å². The molecule has 1 saturated carbocycles. The van der Waals surface area contributed by atoms with Crippen molar-refractivity contribution < 1.29 is 9.90 Å². The zero-order valence-electron chi connectivity index (χ0n) is 15.6. The zero-order valence-corrected chi connectivity index (χ0v) is 15.6. The van der Waals surface area contributed by atoms with Gasteiger partial charge in [0.2, 0.25) is 0 Å². The van der Waals surface area contributed by atoms with Crippen LogP contribution in [0.5, 0.6) is 0 Å². The quantitative estimate of drug-likeness (QED) is 0.876. The Labute approximate surface area is 150 Å². The number of carbonyl (C=O) groups is 1. The molecule has 1 atom stereocenters. The summed E-state index contributed by atoms with van der Waals surface area (Å²) in [7, 11) is 3.96. The molecular formula is C19H32N4O2. The number of nitrogens with zero attached hydrogens (tertiary/aromatic N) is 3. The minimum atomic E-state index is -0.693. The van der Waals surface area contributed by atoms with Gasteiger partial charge in [0.15, 0.2) is 0 Å². The molecule has 0 spiro atoms. The third-order valence-electron chi connectivity index (χ3n) is 5.73. The summed E-state index contributed by atoms with van der Waals surface area (Å²) >= 11 is 0. The largest absolute Gasteiger partial charge is 0.388 e. The summed E-state index contributed by atoms with van der Waals surface area (Å²) in [6.45, 7) is 1.97. The Balaban J connectivity index is 1.68. The van der Waals surface area contributed by atoms with Gasteiger partial charge in [0.1, 0.15) is 0 Å². The fourth-order valence-electron chi connectivity index (χ4n) is 4.47. The Morgan fingerprint density at radius 2 is 2.04 bits per heavy atom. The van der Waals surface area contributed by atoms with Gasteiger partial charge >= 0.3 is 0 Å². The van der Waals surface area contributed by atoms with E-state index in [9.17, 15) is 9.90 Å². The molecular weight excluding hydrogens is 316 g/mol. The maximum Gasteiger partial charge on any atom is 0.257 e. The molecule has 25 heavy (non-hydrogen) atoms. The second kappa shape index (κ2) is 7.87. The fraction of sp³-hybridized carbons (Fsp3) is 0.789. The van der Waals surface area contributed by atoms with Crippen LogP contribution < -0.4 is 0 Å². The number of hydrogen-bond donors (Lipinski definition) is 2. The van der Waals surface area contributed by atoms with Gasteiger partial charge in [0.25, 0.3) is 5.91 Å². The van der Waals surface area contributed by atoms with Gasteiger partial charge in [-0.1, -0.05) is 19.3 Å². The molecule has 140 valence electrons. The van der Waals surface area contributed by atoms with Crippen LogP contribution in [0.2, 0.25) is 0 Å². The summed E-state index contributed by atoms with van der Waals surface area (Å²) in [6.07, 6.45) is 9.97. The third-order valence-corrected chi connectivity index (χ3v) is 5.73. The number of likely N-dealkylation sites (tertiary alicyclic amines) is 1. The highest BCUT2D eigenvalue weighted by molar-refractivity contribution is 5.95. The summed E-state index contributed by atoms with van der Waals surface area (Å²) in [5.41, 5.74) is 1.07. The number of amides is 1. The highest BCUT2D eigenvalue weighted by Gasteiger charge is 2.33. The first-order valence-corrected chi connectivity index (χ1v) is 9.68. The SMILES string of the molecule is CN(C)CC1(O)CCCN(C(=O)c2cn[nH]c2C2CCCCC2)CC1. The van der Waals surface area contributed by atoms with Crippen molar-refractivity contribution >= 4 is 5.91 Å². The molecule has 0 bridgehead atoms. The van der Waals surface area contributed by atoms with E-state index in [0.29, 0.717) is 32.0 Å². The topological polar surface area (TPSA) is 72.5 Å². The van der Waals surface area contributed by atoms with Crippen LogP contribution in [0.25, 0.3) is 0 Å². The van der Waals surface area contributed by atoms with Gasteiger partial charge in [-0.2, -0.15) is 5.10 Å². The molecule has 2 heterocycles. The Kier molecular flexibility index (Phi) is 5.79. The van der Waals surface area contributed by atoms with Gasteiger partial charge < -0.3 is 14.9 Å². The lowest BCUT2D eigenvalue weighted by Crippen LogP contribution is -2.41. The van der Waals surface area contributed by atoms with E-state index in [1.165, 1.54) is 19.3 Å². The average molecular weight is 348 g/mol. The molecule has 6 nitrogen and oxygen atoms in total. The van der Waals surface area contributed by atoms with E-state index in [2.05, 4.69) is 10.2 Å². The molecule has 6 heteroatoms. The molecule has 1 aliphatic heterocycles. The second-order valence-corrected chi connectivity index (χ2v) is 8.14. The fourth-order valence-corrected chi connectivity index (χ4v) is 4.47. The van der Waals surface area contributed by atoms with Crippen molar-refractivity contribution in [3.63, 3.8) is 0 Å². The molecule has 0 aromatic carbocycles. The van der Waals surface area contributed by atoms with Gasteiger partial charge in [0, 0.05) is 25.6 Å². The number of nitrogens with one attached hydrogen (secondary N) is 1. The lowest BCUT2D eigenvalue weighted by atomic mass is 9.85. The molecule has 1 saturated heterocycles. The number of rotatable bonds is 4. The van der Waals surface area contributed by atoms with Crippen molar-refractivity contribution in [3.8, 4) is 0 Å². The van der Waals surface area contributed by atoms with Crippen LogP contribution in [0.3, 0.4) is 0 Å². The van der Waals surface area contributed by atoms with Crippen LogP contribution >= 0.6 is 0 Å². The normalized spacial score (nSPS) is 26.0. The Morgan fingerprint density at radius 3 is 2.76 bits per heavy atom. The van der Waals surface area contributed by atoms with Gasteiger partial charge in [-0.25, -0.2) is 0 Å². The summed E-state index contributed by atoms with van der Waals surface area (Å²) in [4.78, 5) is 17.0. The van der Waals surface area contributed by atoms with Crippen LogP contribution in [0.1, 0.15) is 73.3 Å². The maximum absolute atomic E-state index is 13.1. The zero-order chi connectivity index (χ0) is 17.9. The van der Waals surface area contributed by atoms with Crippen molar-refractivity contribution in [2.24, 2.45) is 0 Å². The van der Waals surface area contributed by atoms with Crippen LogP contribution in [-0.4, -0.2) is 70.3 Å². The molecule has 1 aromatic heterocycles. The number of aliphatic hydroxyl groups is 1. The van der Waals surface area contributed by atoms with Crippen molar-refractivity contribution in [2.45, 2.75) is 62.9 Å². The summed E-state index contributed by atoms with van der Waals surface area (Å²) in [6, 6.07) is 0. The number of carbonyl (C=O) groups excluding carboxylic acids is 1. The summed E-state index contributed by atoms with van der Waals surface area (Å²) in [5.74, 6) is 0.510. The Morgan fingerprint density at radius 1 is 1.28 bits per heavy atom. The standard InChI is InChI=1S/C19H32N4O2/c1-22(2)14-19(25)9-6-11-23(12-10-19)18(24)16-13-20-21-17(16)15-7-4-3-5-8-15/h13,15,25H,3-12,14H2,1-2H3,(H,20,21). The van der Waals surface area contributed by atoms with Gasteiger partial charge in [-0.3, -0.25) is 9.89 Å². The first-order chi connectivity index (χ1) is 12.0. The van der Waals surface area contributed by atoms with Crippen molar-refractivity contribution in [1.82, 2.24) is 20.0 Å². The van der Waals surface area contributed by atoms with E-state index in [0.717, 1.165) is 36.9 Å². The highest BCUT2D eigenvalue weighted by atomic mass is 16.3. The average Bonchev–Trinajstić information content (AvgIpc) is 2.99. The molecule has 1 aromatic rings. The second-order valence-electron chi connectivity index (χ2n) is 8.14. The monoisotopic (exact) mass is 348 g/mol. The lowest BCUT2D eigenvalue weighted by molar-refractivity contribution is 0.00304. The predicted octanol–water partition coefficient (Wildman–Crippen LogP) is 2.38. The van der Waals surface area contributed by atoms with Crippen molar-refractivity contribution in [3.05, 3.63) is 17.5 Å². The van der Waals surface area contributed by atoms with Crippen LogP contribution in [-0.2, 0) is 0 Å². The first kappa shape index (κ1) is 18.4. The van der Waals surface area contributed by atoms with Gasteiger partial charge in [0.05, 0.1) is 23.1 Å². The van der Waals surface area contributed by atoms with Crippen LogP contribution in [0, 0.1) is 0 Å². The van der Waals surface area contributed by atoms with Crippen LogP contribution in [0.4, 0.5) is 0 Å². The molecule has 1 unspecified atom stereocenters. The number of aromatic nitrogens is 2. The first-order valence-electron chi connectivity index (χ1n) is 9.68. The van der Waals surface area contributed by atoms with E-state index in [1.54, 1.807) is 6.20 Å². The highest BCUT2D eigenvalue weighted by Crippen LogP contribution is 2.34. The minimum absolute atomic E-state index is 0.0726. The third kappa shape index (κ3) is 4.42. The van der Waals surface area contributed by atoms with Gasteiger partial charge in [-0.15, -0.1) is 0 Å². The molecule has 1 aliphatic carbocycles. The van der Waals surface area contributed by atoms with E-state index in [-0.39, 0.29) is 5.91 Å². The Bertz CT molecular complexity index is 580. The molecule has 0 radical (unpaired) electrons. The van der Waals surface area contributed by atoms with Crippen molar-refractivity contribution in [1.29, 1.82) is 0 Å². The molecule has 2 N–H and O–H groups in total. The number of H-pyrrole nitrogens is 1. The molecule has 2 aliphatic rings. The predicted molar refractivity (Wildman–Crippen MR) is 97.7 cm³/mol. The molecule has 3 rings (SSSR count). The van der Waals surface area contributed by atoms with Crippen LogP contribution in [0.15, 0.2) is 6.20 Å². The van der Waals surface area contributed by atoms with E-state index >= 15 is 0 Å². The summed E-state index contributed by atoms with van der Waals surface area (Å²) in [5, 5.41) is 18.1. The maximum atomic E-state index is 13.1. The van der Waals surface area contributed by atoms with E-state index < -0.39 is 5.60 Å². The minimum Gasteiger partial charge on any atom is -0.388 e. The molecule has 1 amide bonds. The summed E-state index contributed by atoms with van der Waals surface area (Å²) < 4.78 is 0. The lowest BCUT2D eigenvalue weighted by Gasteiger charge is -2.30.